The van der Waals surface area contributed by atoms with Crippen LogP contribution in [0.4, 0.5) is 0 Å². The van der Waals surface area contributed by atoms with Crippen LogP contribution in [0.2, 0.25) is 0 Å². The summed E-state index contributed by atoms with van der Waals surface area (Å²) < 4.78 is 5.02. The van der Waals surface area contributed by atoms with E-state index in [-0.39, 0.29) is 0 Å². The fraction of sp³-hybridized carbons (Fsp3) is 0.300. The van der Waals surface area contributed by atoms with E-state index in [1.54, 1.807) is 14.0 Å². The molecule has 0 aromatic heterocycles. The van der Waals surface area contributed by atoms with Gasteiger partial charge in [-0.1, -0.05) is 17.3 Å². The Morgan fingerprint density at radius 2 is 2.00 bits per heavy atom. The highest BCUT2D eigenvalue weighted by atomic mass is 16.5. The number of rotatable bonds is 3. The second kappa shape index (κ2) is 4.50. The van der Waals surface area contributed by atoms with Gasteiger partial charge < -0.3 is 9.94 Å². The Morgan fingerprint density at radius 3 is 2.46 bits per heavy atom. The summed E-state index contributed by atoms with van der Waals surface area (Å²) in [6, 6.07) is 7.68. The highest BCUT2D eigenvalue weighted by Gasteiger charge is 1.96. The molecule has 0 aliphatic carbocycles. The van der Waals surface area contributed by atoms with Crippen molar-refractivity contribution in [2.24, 2.45) is 5.16 Å². The quantitative estimate of drug-likeness (QED) is 0.438. The standard InChI is InChI=1S/C10H13NO2/c1-8(11-12)7-9-3-5-10(13-2)6-4-9/h3-6,12H,7H2,1-2H3/b11-8-. The van der Waals surface area contributed by atoms with Gasteiger partial charge in [0, 0.05) is 6.42 Å². The fourth-order valence-electron chi connectivity index (χ4n) is 1.07. The Bertz CT molecular complexity index is 290. The van der Waals surface area contributed by atoms with E-state index in [0.29, 0.717) is 12.1 Å². The van der Waals surface area contributed by atoms with Crippen LogP contribution in [0.15, 0.2) is 29.4 Å². The molecule has 0 amide bonds. The van der Waals surface area contributed by atoms with Crippen LogP contribution in [-0.4, -0.2) is 18.0 Å². The topological polar surface area (TPSA) is 41.8 Å². The second-order valence-electron chi connectivity index (χ2n) is 2.86. The van der Waals surface area contributed by atoms with E-state index < -0.39 is 0 Å². The van der Waals surface area contributed by atoms with Crippen LogP contribution in [0, 0.1) is 0 Å². The van der Waals surface area contributed by atoms with E-state index in [9.17, 15) is 0 Å². The Kier molecular flexibility index (Phi) is 3.31. The van der Waals surface area contributed by atoms with E-state index in [4.69, 9.17) is 9.94 Å². The number of nitrogens with zero attached hydrogens (tertiary/aromatic N) is 1. The van der Waals surface area contributed by atoms with Gasteiger partial charge in [-0.15, -0.1) is 0 Å². The summed E-state index contributed by atoms with van der Waals surface area (Å²) in [6.45, 7) is 1.78. The minimum atomic E-state index is 0.667. The lowest BCUT2D eigenvalue weighted by Gasteiger charge is -2.01. The van der Waals surface area contributed by atoms with Crippen molar-refractivity contribution in [3.05, 3.63) is 29.8 Å². The lowest BCUT2D eigenvalue weighted by Crippen LogP contribution is -1.97. The normalized spacial score (nSPS) is 11.4. The SMILES string of the molecule is COc1ccc(C/C(C)=N\O)cc1. The smallest absolute Gasteiger partial charge is 0.118 e. The molecule has 0 bridgehead atoms. The number of benzene rings is 1. The third kappa shape index (κ3) is 2.78. The van der Waals surface area contributed by atoms with Crippen molar-refractivity contribution in [3.8, 4) is 5.75 Å². The van der Waals surface area contributed by atoms with Crippen molar-refractivity contribution in [3.63, 3.8) is 0 Å². The maximum absolute atomic E-state index is 8.46. The molecule has 0 heterocycles. The predicted octanol–water partition coefficient (Wildman–Crippen LogP) is 2.09. The minimum absolute atomic E-state index is 0.667. The van der Waals surface area contributed by atoms with Crippen LogP contribution in [0.3, 0.4) is 0 Å². The van der Waals surface area contributed by atoms with Crippen LogP contribution in [-0.2, 0) is 6.42 Å². The average Bonchev–Trinajstić information content (AvgIpc) is 2.19. The van der Waals surface area contributed by atoms with Crippen molar-refractivity contribution < 1.29 is 9.94 Å². The summed E-state index contributed by atoms with van der Waals surface area (Å²) in [4.78, 5) is 0. The molecule has 70 valence electrons. The Labute approximate surface area is 77.6 Å². The minimum Gasteiger partial charge on any atom is -0.497 e. The first kappa shape index (κ1) is 9.58. The van der Waals surface area contributed by atoms with Gasteiger partial charge in [-0.3, -0.25) is 0 Å². The first-order chi connectivity index (χ1) is 6.26. The van der Waals surface area contributed by atoms with E-state index in [1.165, 1.54) is 0 Å². The molecule has 0 aliphatic heterocycles. The highest BCUT2D eigenvalue weighted by Crippen LogP contribution is 2.11. The number of hydrogen-bond acceptors (Lipinski definition) is 3. The third-order valence-electron chi connectivity index (χ3n) is 1.79. The molecular weight excluding hydrogens is 166 g/mol. The molecule has 0 aliphatic rings. The van der Waals surface area contributed by atoms with Crippen LogP contribution in [0.25, 0.3) is 0 Å². The molecule has 13 heavy (non-hydrogen) atoms. The number of methoxy groups -OCH3 is 1. The van der Waals surface area contributed by atoms with E-state index >= 15 is 0 Å². The van der Waals surface area contributed by atoms with Crippen molar-refractivity contribution in [1.82, 2.24) is 0 Å². The van der Waals surface area contributed by atoms with Crippen molar-refractivity contribution in [2.75, 3.05) is 7.11 Å². The summed E-state index contributed by atoms with van der Waals surface area (Å²) in [7, 11) is 1.63. The van der Waals surface area contributed by atoms with Gasteiger partial charge >= 0.3 is 0 Å². The molecule has 1 rings (SSSR count). The van der Waals surface area contributed by atoms with Gasteiger partial charge in [0.05, 0.1) is 12.8 Å². The molecule has 1 aromatic rings. The van der Waals surface area contributed by atoms with Crippen molar-refractivity contribution >= 4 is 5.71 Å². The van der Waals surface area contributed by atoms with E-state index in [2.05, 4.69) is 5.16 Å². The molecule has 0 atom stereocenters. The summed E-state index contributed by atoms with van der Waals surface area (Å²) in [5, 5.41) is 11.6. The van der Waals surface area contributed by atoms with Gasteiger partial charge in [0.1, 0.15) is 5.75 Å². The first-order valence-corrected chi connectivity index (χ1v) is 4.06. The number of hydrogen-bond donors (Lipinski definition) is 1. The summed E-state index contributed by atoms with van der Waals surface area (Å²) >= 11 is 0. The molecule has 3 nitrogen and oxygen atoms in total. The third-order valence-corrected chi connectivity index (χ3v) is 1.79. The molecule has 0 saturated heterocycles. The van der Waals surface area contributed by atoms with Gasteiger partial charge in [0.25, 0.3) is 0 Å². The van der Waals surface area contributed by atoms with E-state index in [0.717, 1.165) is 11.3 Å². The molecule has 3 heteroatoms. The second-order valence-corrected chi connectivity index (χ2v) is 2.86. The van der Waals surface area contributed by atoms with Crippen molar-refractivity contribution in [1.29, 1.82) is 0 Å². The molecule has 0 unspecified atom stereocenters. The van der Waals surface area contributed by atoms with Gasteiger partial charge in [0.15, 0.2) is 0 Å². The zero-order chi connectivity index (χ0) is 9.68. The number of oxime groups is 1. The van der Waals surface area contributed by atoms with Gasteiger partial charge in [-0.05, 0) is 24.6 Å². The Hall–Kier alpha value is -1.51. The van der Waals surface area contributed by atoms with Gasteiger partial charge in [-0.2, -0.15) is 0 Å². The zero-order valence-corrected chi connectivity index (χ0v) is 7.82. The Morgan fingerprint density at radius 1 is 1.38 bits per heavy atom. The molecule has 0 saturated carbocycles. The largest absolute Gasteiger partial charge is 0.497 e. The van der Waals surface area contributed by atoms with Crippen LogP contribution >= 0.6 is 0 Å². The zero-order valence-electron chi connectivity index (χ0n) is 7.82. The van der Waals surface area contributed by atoms with Crippen LogP contribution in [0.1, 0.15) is 12.5 Å². The average molecular weight is 179 g/mol. The fourth-order valence-corrected chi connectivity index (χ4v) is 1.07. The van der Waals surface area contributed by atoms with Crippen molar-refractivity contribution in [2.45, 2.75) is 13.3 Å². The molecule has 0 radical (unpaired) electrons. The highest BCUT2D eigenvalue weighted by molar-refractivity contribution is 5.83. The lowest BCUT2D eigenvalue weighted by atomic mass is 10.1. The molecule has 1 aromatic carbocycles. The molecule has 1 N–H and O–H groups in total. The van der Waals surface area contributed by atoms with Crippen LogP contribution in [0.5, 0.6) is 5.75 Å². The maximum Gasteiger partial charge on any atom is 0.118 e. The molecular formula is C10H13NO2. The monoisotopic (exact) mass is 179 g/mol. The first-order valence-electron chi connectivity index (χ1n) is 4.06. The maximum atomic E-state index is 8.46. The van der Waals surface area contributed by atoms with Crippen LogP contribution < -0.4 is 4.74 Å². The lowest BCUT2D eigenvalue weighted by molar-refractivity contribution is 0.317. The predicted molar refractivity (Wildman–Crippen MR) is 51.6 cm³/mol. The van der Waals surface area contributed by atoms with Gasteiger partial charge in [-0.25, -0.2) is 0 Å². The van der Waals surface area contributed by atoms with E-state index in [1.807, 2.05) is 24.3 Å². The Balaban J connectivity index is 2.69. The summed E-state index contributed by atoms with van der Waals surface area (Å²) in [6.07, 6.45) is 0.667. The summed E-state index contributed by atoms with van der Waals surface area (Å²) in [5.41, 5.74) is 1.81. The molecule has 0 fully saturated rings. The molecule has 0 spiro atoms. The summed E-state index contributed by atoms with van der Waals surface area (Å²) in [5.74, 6) is 0.836. The number of ether oxygens (including phenoxy) is 1. The van der Waals surface area contributed by atoms with Gasteiger partial charge in [0.2, 0.25) is 0 Å².